The van der Waals surface area contributed by atoms with Gasteiger partial charge in [-0.2, -0.15) is 0 Å². The Morgan fingerprint density at radius 1 is 0.867 bits per heavy atom. The number of nitrogens with one attached hydrogen (secondary N) is 2. The zero-order valence-electron chi connectivity index (χ0n) is 18.1. The summed E-state index contributed by atoms with van der Waals surface area (Å²) in [5, 5.41) is 5.98. The molecular formula is C24H36N4O2. The van der Waals surface area contributed by atoms with Crippen LogP contribution in [0.3, 0.4) is 0 Å². The zero-order chi connectivity index (χ0) is 20.8. The van der Waals surface area contributed by atoms with Crippen LogP contribution in [0, 0.1) is 5.92 Å². The Bertz CT molecular complexity index is 728. The molecular weight excluding hydrogens is 376 g/mol. The van der Waals surface area contributed by atoms with Crippen LogP contribution in [0.1, 0.15) is 61.7 Å². The smallest absolute Gasteiger partial charge is 0.253 e. The minimum absolute atomic E-state index is 0.0394. The van der Waals surface area contributed by atoms with Gasteiger partial charge >= 0.3 is 0 Å². The Morgan fingerprint density at radius 3 is 2.40 bits per heavy atom. The highest BCUT2D eigenvalue weighted by atomic mass is 16.2. The second-order valence-corrected chi connectivity index (χ2v) is 9.28. The molecule has 0 bridgehead atoms. The third-order valence-corrected chi connectivity index (χ3v) is 6.65. The number of rotatable bonds is 7. The normalized spacial score (nSPS) is 21.7. The monoisotopic (exact) mass is 412 g/mol. The van der Waals surface area contributed by atoms with Crippen molar-refractivity contribution in [1.29, 1.82) is 0 Å². The van der Waals surface area contributed by atoms with Crippen LogP contribution in [-0.4, -0.2) is 66.9 Å². The highest BCUT2D eigenvalue weighted by Gasteiger charge is 2.25. The second kappa shape index (κ2) is 10.4. The molecule has 0 radical (unpaired) electrons. The van der Waals surface area contributed by atoms with Gasteiger partial charge in [-0.15, -0.1) is 0 Å². The molecule has 2 aliphatic carbocycles. The van der Waals surface area contributed by atoms with Gasteiger partial charge in [-0.05, 0) is 63.2 Å². The molecule has 1 heterocycles. The van der Waals surface area contributed by atoms with Gasteiger partial charge < -0.3 is 15.5 Å². The van der Waals surface area contributed by atoms with E-state index in [0.29, 0.717) is 23.8 Å². The van der Waals surface area contributed by atoms with Crippen LogP contribution in [0.25, 0.3) is 0 Å². The van der Waals surface area contributed by atoms with E-state index in [1.54, 1.807) is 6.07 Å². The third kappa shape index (κ3) is 6.29. The molecule has 0 spiro atoms. The van der Waals surface area contributed by atoms with Crippen molar-refractivity contribution in [2.45, 2.75) is 57.4 Å². The average molecular weight is 413 g/mol. The van der Waals surface area contributed by atoms with Gasteiger partial charge in [0.05, 0.1) is 17.8 Å². The predicted octanol–water partition coefficient (Wildman–Crippen LogP) is 3.11. The van der Waals surface area contributed by atoms with Crippen LogP contribution >= 0.6 is 0 Å². The molecule has 3 aliphatic rings. The van der Waals surface area contributed by atoms with Crippen LogP contribution in [0.2, 0.25) is 0 Å². The standard InChI is InChI=1S/C24H36N4O2/c29-23(26-22-10-5-4-9-21(22)24(30)25-20-11-12-20)18-28-14-6-13-27(15-16-28)17-19-7-2-1-3-8-19/h4-5,9-10,19-20H,1-3,6-8,11-18H2,(H,25,30)(H,26,29). The van der Waals surface area contributed by atoms with Gasteiger partial charge in [0.2, 0.25) is 5.91 Å². The Labute approximate surface area is 180 Å². The summed E-state index contributed by atoms with van der Waals surface area (Å²) < 4.78 is 0. The molecule has 0 aromatic heterocycles. The van der Waals surface area contributed by atoms with Crippen LogP contribution < -0.4 is 10.6 Å². The Balaban J connectivity index is 1.25. The molecule has 3 fully saturated rings. The van der Waals surface area contributed by atoms with Crippen molar-refractivity contribution in [3.05, 3.63) is 29.8 Å². The first kappa shape index (κ1) is 21.3. The van der Waals surface area contributed by atoms with E-state index in [1.807, 2.05) is 18.2 Å². The summed E-state index contributed by atoms with van der Waals surface area (Å²) in [4.78, 5) is 30.0. The van der Waals surface area contributed by atoms with Crippen molar-refractivity contribution in [1.82, 2.24) is 15.1 Å². The average Bonchev–Trinajstić information content (AvgIpc) is 3.58. The summed E-state index contributed by atoms with van der Waals surface area (Å²) in [7, 11) is 0. The molecule has 4 rings (SSSR count). The largest absolute Gasteiger partial charge is 0.349 e. The number of hydrogen-bond donors (Lipinski definition) is 2. The highest BCUT2D eigenvalue weighted by Crippen LogP contribution is 2.25. The first-order valence-corrected chi connectivity index (χ1v) is 11.8. The lowest BCUT2D eigenvalue weighted by Crippen LogP contribution is -2.37. The summed E-state index contributed by atoms with van der Waals surface area (Å²) in [6, 6.07) is 7.59. The molecule has 2 saturated carbocycles. The number of amides is 2. The first-order chi connectivity index (χ1) is 14.7. The lowest BCUT2D eigenvalue weighted by Gasteiger charge is -2.28. The number of anilines is 1. The maximum absolute atomic E-state index is 12.7. The minimum atomic E-state index is -0.0958. The van der Waals surface area contributed by atoms with Crippen LogP contribution in [0.5, 0.6) is 0 Å². The van der Waals surface area contributed by atoms with E-state index in [9.17, 15) is 9.59 Å². The Hall–Kier alpha value is -1.92. The quantitative estimate of drug-likeness (QED) is 0.722. The van der Waals surface area contributed by atoms with Gasteiger partial charge in [0.25, 0.3) is 5.91 Å². The first-order valence-electron chi connectivity index (χ1n) is 11.8. The van der Waals surface area contributed by atoms with Crippen molar-refractivity contribution >= 4 is 17.5 Å². The zero-order valence-corrected chi connectivity index (χ0v) is 18.1. The van der Waals surface area contributed by atoms with E-state index in [-0.39, 0.29) is 11.8 Å². The van der Waals surface area contributed by atoms with Gasteiger partial charge in [0, 0.05) is 25.7 Å². The van der Waals surface area contributed by atoms with E-state index in [1.165, 1.54) is 38.6 Å². The molecule has 6 nitrogen and oxygen atoms in total. The second-order valence-electron chi connectivity index (χ2n) is 9.28. The minimum Gasteiger partial charge on any atom is -0.349 e. The molecule has 6 heteroatoms. The number of nitrogens with zero attached hydrogens (tertiary/aromatic N) is 2. The van der Waals surface area contributed by atoms with Gasteiger partial charge in [0.15, 0.2) is 0 Å². The fourth-order valence-corrected chi connectivity index (χ4v) is 4.77. The molecule has 1 aromatic rings. The molecule has 1 saturated heterocycles. The number of carbonyl (C=O) groups excluding carboxylic acids is 2. The van der Waals surface area contributed by atoms with E-state index in [2.05, 4.69) is 20.4 Å². The molecule has 164 valence electrons. The maximum atomic E-state index is 12.7. The fraction of sp³-hybridized carbons (Fsp3) is 0.667. The maximum Gasteiger partial charge on any atom is 0.253 e. The summed E-state index contributed by atoms with van der Waals surface area (Å²) >= 11 is 0. The Morgan fingerprint density at radius 2 is 1.60 bits per heavy atom. The predicted molar refractivity (Wildman–Crippen MR) is 120 cm³/mol. The van der Waals surface area contributed by atoms with Crippen molar-refractivity contribution < 1.29 is 9.59 Å². The van der Waals surface area contributed by atoms with E-state index in [0.717, 1.165) is 51.4 Å². The van der Waals surface area contributed by atoms with Gasteiger partial charge in [-0.3, -0.25) is 14.5 Å². The summed E-state index contributed by atoms with van der Waals surface area (Å²) in [5.41, 5.74) is 1.15. The molecule has 2 N–H and O–H groups in total. The van der Waals surface area contributed by atoms with Crippen LogP contribution in [0.15, 0.2) is 24.3 Å². The van der Waals surface area contributed by atoms with Crippen LogP contribution in [0.4, 0.5) is 5.69 Å². The van der Waals surface area contributed by atoms with Gasteiger partial charge in [-0.25, -0.2) is 0 Å². The molecule has 0 unspecified atom stereocenters. The Kier molecular flexibility index (Phi) is 7.39. The third-order valence-electron chi connectivity index (χ3n) is 6.65. The number of para-hydroxylation sites is 1. The number of benzene rings is 1. The van der Waals surface area contributed by atoms with E-state index in [4.69, 9.17) is 0 Å². The molecule has 0 atom stereocenters. The summed E-state index contributed by atoms with van der Waals surface area (Å²) in [6.07, 6.45) is 10.2. The SMILES string of the molecule is O=C(CN1CCCN(CC2CCCCC2)CC1)Nc1ccccc1C(=O)NC1CC1. The molecule has 30 heavy (non-hydrogen) atoms. The lowest BCUT2D eigenvalue weighted by molar-refractivity contribution is -0.117. The molecule has 2 amide bonds. The topological polar surface area (TPSA) is 64.7 Å². The summed E-state index contributed by atoms with van der Waals surface area (Å²) in [5.74, 6) is 0.732. The van der Waals surface area contributed by atoms with Gasteiger partial charge in [-0.1, -0.05) is 31.4 Å². The number of hydrogen-bond acceptors (Lipinski definition) is 4. The van der Waals surface area contributed by atoms with E-state index >= 15 is 0 Å². The van der Waals surface area contributed by atoms with Crippen LogP contribution in [-0.2, 0) is 4.79 Å². The molecule has 1 aromatic carbocycles. The van der Waals surface area contributed by atoms with E-state index < -0.39 is 0 Å². The highest BCUT2D eigenvalue weighted by molar-refractivity contribution is 6.04. The summed E-state index contributed by atoms with van der Waals surface area (Å²) in [6.45, 7) is 5.69. The lowest BCUT2D eigenvalue weighted by atomic mass is 9.89. The van der Waals surface area contributed by atoms with Crippen molar-refractivity contribution in [2.75, 3.05) is 44.6 Å². The molecule has 1 aliphatic heterocycles. The van der Waals surface area contributed by atoms with Gasteiger partial charge in [0.1, 0.15) is 0 Å². The van der Waals surface area contributed by atoms with Crippen molar-refractivity contribution in [3.63, 3.8) is 0 Å². The fourth-order valence-electron chi connectivity index (χ4n) is 4.77. The van der Waals surface area contributed by atoms with Crippen molar-refractivity contribution in [2.24, 2.45) is 5.92 Å². The van der Waals surface area contributed by atoms with Crippen molar-refractivity contribution in [3.8, 4) is 0 Å². The number of carbonyl (C=O) groups is 2.